The van der Waals surface area contributed by atoms with Gasteiger partial charge in [0, 0.05) is 25.2 Å². The van der Waals surface area contributed by atoms with E-state index in [-0.39, 0.29) is 30.1 Å². The van der Waals surface area contributed by atoms with Gasteiger partial charge in [-0.25, -0.2) is 9.78 Å². The largest absolute Gasteiger partial charge is 0.593 e. The van der Waals surface area contributed by atoms with E-state index in [1.165, 1.54) is 10.4 Å². The van der Waals surface area contributed by atoms with Gasteiger partial charge in [0.05, 0.1) is 24.0 Å². The van der Waals surface area contributed by atoms with Gasteiger partial charge in [-0.1, -0.05) is 10.3 Å². The van der Waals surface area contributed by atoms with Crippen molar-refractivity contribution < 1.29 is 26.7 Å². The monoisotopic (exact) mass is 428 g/mol. The molecular formula is C18H19F3N4O3S. The van der Waals surface area contributed by atoms with Crippen LogP contribution in [0, 0.1) is 6.92 Å². The molecule has 1 fully saturated rings. The molecule has 1 atom stereocenters. The zero-order chi connectivity index (χ0) is 21.0. The van der Waals surface area contributed by atoms with Gasteiger partial charge in [0.15, 0.2) is 15.3 Å². The van der Waals surface area contributed by atoms with Crippen molar-refractivity contribution in [1.29, 1.82) is 0 Å². The number of rotatable bonds is 3. The minimum absolute atomic E-state index is 0.130. The number of halogens is 3. The van der Waals surface area contributed by atoms with Crippen molar-refractivity contribution in [3.8, 4) is 0 Å². The number of benzene rings is 1. The third-order valence-electron chi connectivity index (χ3n) is 5.44. The molecule has 0 saturated carbocycles. The fourth-order valence-corrected chi connectivity index (χ4v) is 5.41. The molecule has 1 aromatic carbocycles. The Labute approximate surface area is 166 Å². The fourth-order valence-electron chi connectivity index (χ4n) is 3.90. The predicted octanol–water partition coefficient (Wildman–Crippen LogP) is 3.06. The molecule has 3 heterocycles. The summed E-state index contributed by atoms with van der Waals surface area (Å²) in [5.41, 5.74) is -0.200. The molecule has 0 bridgehead atoms. The van der Waals surface area contributed by atoms with Crippen LogP contribution in [0.3, 0.4) is 0 Å². The fraction of sp³-hybridized carbons (Fsp3) is 0.444. The summed E-state index contributed by atoms with van der Waals surface area (Å²) in [6.07, 6.45) is -2.12. The lowest BCUT2D eigenvalue weighted by molar-refractivity contribution is -0.137. The molecule has 1 aromatic heterocycles. The van der Waals surface area contributed by atoms with Crippen molar-refractivity contribution in [2.45, 2.75) is 43.4 Å². The molecule has 1 saturated heterocycles. The van der Waals surface area contributed by atoms with E-state index in [9.17, 15) is 26.7 Å². The number of fused-ring (bicyclic) bond motifs is 1. The highest BCUT2D eigenvalue weighted by molar-refractivity contribution is 7.95. The molecule has 0 radical (unpaired) electrons. The van der Waals surface area contributed by atoms with Gasteiger partial charge >= 0.3 is 12.2 Å². The molecule has 7 nitrogen and oxygen atoms in total. The lowest BCUT2D eigenvalue weighted by atomic mass is 10.1. The van der Waals surface area contributed by atoms with E-state index in [4.69, 9.17) is 0 Å². The van der Waals surface area contributed by atoms with E-state index in [1.807, 2.05) is 0 Å². The quantitative estimate of drug-likeness (QED) is 0.704. The SMILES string of the molecule is Cc1ncc2n1C(=O)N(C1CCN([S+](=O)([O-])c3cccc(C(F)(F)F)c3)CC1)C2. The average Bonchev–Trinajstić information content (AvgIpc) is 3.21. The highest BCUT2D eigenvalue weighted by Gasteiger charge is 2.40. The number of imidazole rings is 1. The Morgan fingerprint density at radius 3 is 2.55 bits per heavy atom. The molecule has 2 aromatic rings. The number of sulfonamides is 1. The van der Waals surface area contributed by atoms with Crippen LogP contribution in [-0.4, -0.2) is 48.5 Å². The minimum Gasteiger partial charge on any atom is -0.593 e. The summed E-state index contributed by atoms with van der Waals surface area (Å²) in [6, 6.07) is 3.47. The zero-order valence-electron chi connectivity index (χ0n) is 15.6. The minimum atomic E-state index is -4.61. The van der Waals surface area contributed by atoms with Crippen molar-refractivity contribution in [1.82, 2.24) is 18.8 Å². The Morgan fingerprint density at radius 2 is 1.93 bits per heavy atom. The van der Waals surface area contributed by atoms with Crippen LogP contribution in [0.4, 0.5) is 18.0 Å². The Kier molecular flexibility index (Phi) is 4.79. The number of hydrogen-bond acceptors (Lipinski definition) is 4. The van der Waals surface area contributed by atoms with Crippen molar-refractivity contribution in [2.24, 2.45) is 0 Å². The Balaban J connectivity index is 1.46. The van der Waals surface area contributed by atoms with Gasteiger partial charge in [-0.2, -0.15) is 13.2 Å². The topological polar surface area (TPSA) is 81.5 Å². The summed E-state index contributed by atoms with van der Waals surface area (Å²) in [4.78, 5) is 18.1. The van der Waals surface area contributed by atoms with Crippen LogP contribution in [0.15, 0.2) is 35.4 Å². The Hall–Kier alpha value is -2.24. The molecule has 2 aliphatic heterocycles. The van der Waals surface area contributed by atoms with Crippen LogP contribution in [-0.2, 0) is 27.3 Å². The van der Waals surface area contributed by atoms with Gasteiger partial charge < -0.3 is 9.45 Å². The maximum absolute atomic E-state index is 12.9. The van der Waals surface area contributed by atoms with Crippen LogP contribution in [0.1, 0.15) is 29.9 Å². The first-order valence-corrected chi connectivity index (χ1v) is 10.5. The first-order valence-electron chi connectivity index (χ1n) is 9.10. The summed E-state index contributed by atoms with van der Waals surface area (Å²) in [7, 11) is -4.04. The first kappa shape index (κ1) is 20.0. The molecule has 1 unspecified atom stereocenters. The second kappa shape index (κ2) is 6.92. The van der Waals surface area contributed by atoms with Crippen LogP contribution >= 0.6 is 0 Å². The van der Waals surface area contributed by atoms with Crippen LogP contribution in [0.25, 0.3) is 0 Å². The van der Waals surface area contributed by atoms with Gasteiger partial charge in [0.1, 0.15) is 5.82 Å². The maximum atomic E-state index is 12.9. The van der Waals surface area contributed by atoms with E-state index in [1.54, 1.807) is 22.6 Å². The molecular weight excluding hydrogens is 409 g/mol. The number of carbonyl (C=O) groups is 1. The van der Waals surface area contributed by atoms with Gasteiger partial charge in [0.25, 0.3) is 0 Å². The molecule has 4 rings (SSSR count). The molecule has 11 heteroatoms. The number of hydrogen-bond donors (Lipinski definition) is 0. The van der Waals surface area contributed by atoms with Crippen molar-refractivity contribution in [3.05, 3.63) is 47.5 Å². The number of piperidine rings is 1. The number of alkyl halides is 3. The van der Waals surface area contributed by atoms with Crippen LogP contribution < -0.4 is 0 Å². The van der Waals surface area contributed by atoms with Crippen LogP contribution in [0.5, 0.6) is 0 Å². The Morgan fingerprint density at radius 1 is 1.24 bits per heavy atom. The van der Waals surface area contributed by atoms with Crippen LogP contribution in [0.2, 0.25) is 0 Å². The summed E-state index contributed by atoms with van der Waals surface area (Å²) in [5.74, 6) is 0.608. The molecule has 29 heavy (non-hydrogen) atoms. The summed E-state index contributed by atoms with van der Waals surface area (Å²) >= 11 is 0. The van der Waals surface area contributed by atoms with Crippen molar-refractivity contribution >= 4 is 16.4 Å². The smallest absolute Gasteiger partial charge is 0.416 e. The average molecular weight is 428 g/mol. The molecule has 2 aliphatic rings. The van der Waals surface area contributed by atoms with E-state index in [0.717, 1.165) is 17.8 Å². The normalized spacial score (nSPS) is 20.7. The number of aryl methyl sites for hydroxylation is 1. The predicted molar refractivity (Wildman–Crippen MR) is 96.4 cm³/mol. The first-order chi connectivity index (χ1) is 13.6. The van der Waals surface area contributed by atoms with Gasteiger partial charge in [-0.15, -0.1) is 4.31 Å². The molecule has 0 spiro atoms. The number of aromatic nitrogens is 2. The zero-order valence-corrected chi connectivity index (χ0v) is 16.4. The molecule has 156 valence electrons. The lowest BCUT2D eigenvalue weighted by Gasteiger charge is -2.37. The van der Waals surface area contributed by atoms with Crippen molar-refractivity contribution in [2.75, 3.05) is 13.1 Å². The third kappa shape index (κ3) is 3.47. The molecule has 0 N–H and O–H groups in total. The highest BCUT2D eigenvalue weighted by atomic mass is 32.3. The maximum Gasteiger partial charge on any atom is 0.416 e. The second-order valence-electron chi connectivity index (χ2n) is 7.20. The lowest BCUT2D eigenvalue weighted by Crippen LogP contribution is -2.49. The standard InChI is InChI=1S/C18H19F3N4O3S/c1-12-22-10-15-11-24(17(26)25(12)15)14-5-7-23(8-6-14)29(27,28)16-4-2-3-13(9-16)18(19,20)21/h2-4,9-10,14H,5-8,11H2,1H3. The summed E-state index contributed by atoms with van der Waals surface area (Å²) in [5, 5.41) is 0. The van der Waals surface area contributed by atoms with Gasteiger partial charge in [0.2, 0.25) is 0 Å². The number of carbonyl (C=O) groups excluding carboxylic acids is 1. The Bertz CT molecular complexity index is 998. The van der Waals surface area contributed by atoms with Crippen molar-refractivity contribution in [3.63, 3.8) is 0 Å². The highest BCUT2D eigenvalue weighted by Crippen LogP contribution is 2.34. The van der Waals surface area contributed by atoms with E-state index in [0.29, 0.717) is 31.3 Å². The number of amides is 1. The van der Waals surface area contributed by atoms with E-state index in [2.05, 4.69) is 4.98 Å². The molecule has 1 amide bonds. The summed E-state index contributed by atoms with van der Waals surface area (Å²) < 4.78 is 67.1. The second-order valence-corrected chi connectivity index (χ2v) is 9.14. The van der Waals surface area contributed by atoms with E-state index < -0.39 is 22.1 Å². The third-order valence-corrected chi connectivity index (χ3v) is 7.34. The van der Waals surface area contributed by atoms with Gasteiger partial charge in [-0.05, 0) is 31.9 Å². The summed E-state index contributed by atoms with van der Waals surface area (Å²) in [6.45, 7) is 2.44. The molecule has 0 aliphatic carbocycles. The number of nitrogens with zero attached hydrogens (tertiary/aromatic N) is 4. The van der Waals surface area contributed by atoms with Gasteiger partial charge in [-0.3, -0.25) is 4.57 Å². The van der Waals surface area contributed by atoms with E-state index >= 15 is 0 Å².